The molecule has 0 aliphatic heterocycles. The third kappa shape index (κ3) is 4.61. The number of halogens is 2. The Kier molecular flexibility index (Phi) is 5.90. The van der Waals surface area contributed by atoms with Crippen molar-refractivity contribution in [2.75, 3.05) is 0 Å². The van der Waals surface area contributed by atoms with E-state index in [1.54, 1.807) is 6.07 Å². The average Bonchev–Trinajstić information content (AvgIpc) is 3.42. The van der Waals surface area contributed by atoms with Crippen LogP contribution < -0.4 is 4.72 Å². The molecule has 1 saturated carbocycles. The Labute approximate surface area is 170 Å². The molecule has 0 unspecified atom stereocenters. The lowest BCUT2D eigenvalue weighted by molar-refractivity contribution is -0.385. The van der Waals surface area contributed by atoms with E-state index in [-0.39, 0.29) is 44.4 Å². The number of esters is 1. The van der Waals surface area contributed by atoms with Crippen molar-refractivity contribution in [1.29, 1.82) is 0 Å². The minimum atomic E-state index is -3.92. The molecular formula is C17H14Cl2N2O6S. The van der Waals surface area contributed by atoms with Gasteiger partial charge in [-0.25, -0.2) is 17.9 Å². The van der Waals surface area contributed by atoms with Crippen molar-refractivity contribution in [2.24, 2.45) is 0 Å². The Bertz CT molecular complexity index is 1050. The summed E-state index contributed by atoms with van der Waals surface area (Å²) in [6.07, 6.45) is 1.46. The molecule has 2 aromatic rings. The van der Waals surface area contributed by atoms with E-state index in [0.29, 0.717) is 0 Å². The molecule has 0 atom stereocenters. The lowest BCUT2D eigenvalue weighted by Gasteiger charge is -2.11. The van der Waals surface area contributed by atoms with Gasteiger partial charge >= 0.3 is 5.97 Å². The van der Waals surface area contributed by atoms with Gasteiger partial charge in [0.05, 0.1) is 26.1 Å². The second kappa shape index (κ2) is 8.04. The van der Waals surface area contributed by atoms with E-state index >= 15 is 0 Å². The summed E-state index contributed by atoms with van der Waals surface area (Å²) in [7, 11) is -3.92. The first-order chi connectivity index (χ1) is 13.2. The van der Waals surface area contributed by atoms with Gasteiger partial charge in [-0.15, -0.1) is 0 Å². The van der Waals surface area contributed by atoms with Crippen LogP contribution in [0.25, 0.3) is 0 Å². The third-order valence-electron chi connectivity index (χ3n) is 3.98. The number of para-hydroxylation sites is 1. The van der Waals surface area contributed by atoms with Crippen molar-refractivity contribution in [3.8, 4) is 0 Å². The van der Waals surface area contributed by atoms with Gasteiger partial charge < -0.3 is 4.74 Å². The number of nitrogens with zero attached hydrogens (tertiary/aromatic N) is 1. The molecule has 0 spiro atoms. The van der Waals surface area contributed by atoms with Crippen molar-refractivity contribution in [1.82, 2.24) is 4.72 Å². The molecule has 1 aliphatic rings. The van der Waals surface area contributed by atoms with Crippen LogP contribution in [0.1, 0.15) is 28.8 Å². The Balaban J connectivity index is 1.84. The molecular weight excluding hydrogens is 431 g/mol. The summed E-state index contributed by atoms with van der Waals surface area (Å²) < 4.78 is 32.4. The van der Waals surface area contributed by atoms with Gasteiger partial charge in [0.15, 0.2) is 0 Å². The van der Waals surface area contributed by atoms with Gasteiger partial charge in [0.1, 0.15) is 11.5 Å². The second-order valence-corrected chi connectivity index (χ2v) is 8.62. The van der Waals surface area contributed by atoms with E-state index in [4.69, 9.17) is 27.9 Å². The van der Waals surface area contributed by atoms with Gasteiger partial charge in [0.2, 0.25) is 10.0 Å². The molecule has 1 N–H and O–H groups in total. The monoisotopic (exact) mass is 444 g/mol. The van der Waals surface area contributed by atoms with Crippen molar-refractivity contribution in [3.05, 3.63) is 67.7 Å². The lowest BCUT2D eigenvalue weighted by Crippen LogP contribution is -2.26. The van der Waals surface area contributed by atoms with E-state index in [1.165, 1.54) is 18.2 Å². The lowest BCUT2D eigenvalue weighted by atomic mass is 10.2. The van der Waals surface area contributed by atoms with Crippen molar-refractivity contribution in [2.45, 2.75) is 30.4 Å². The van der Waals surface area contributed by atoms with E-state index in [0.717, 1.165) is 25.0 Å². The SMILES string of the molecule is O=C(OCc1ccccc1[N+](=O)[O-])c1cc(S(=O)(=O)NC2CC2)c(Cl)cc1Cl. The normalized spacial score (nSPS) is 13.9. The van der Waals surface area contributed by atoms with Gasteiger partial charge in [0.25, 0.3) is 5.69 Å². The summed E-state index contributed by atoms with van der Waals surface area (Å²) in [4.78, 5) is 22.6. The summed E-state index contributed by atoms with van der Waals surface area (Å²) in [5.41, 5.74) is -0.218. The number of rotatable bonds is 7. The Morgan fingerprint density at radius 3 is 2.54 bits per heavy atom. The topological polar surface area (TPSA) is 116 Å². The fourth-order valence-electron chi connectivity index (χ4n) is 2.41. The maximum Gasteiger partial charge on any atom is 0.340 e. The maximum atomic E-state index is 12.4. The van der Waals surface area contributed by atoms with Crippen molar-refractivity contribution in [3.63, 3.8) is 0 Å². The number of benzene rings is 2. The van der Waals surface area contributed by atoms with Crippen LogP contribution in [0.15, 0.2) is 41.3 Å². The zero-order chi connectivity index (χ0) is 20.5. The van der Waals surface area contributed by atoms with Gasteiger partial charge in [-0.3, -0.25) is 10.1 Å². The van der Waals surface area contributed by atoms with Crippen LogP contribution in [0.2, 0.25) is 10.0 Å². The maximum absolute atomic E-state index is 12.4. The van der Waals surface area contributed by atoms with Gasteiger partial charge in [-0.2, -0.15) is 0 Å². The number of nitro benzene ring substituents is 1. The van der Waals surface area contributed by atoms with Gasteiger partial charge in [-0.05, 0) is 31.0 Å². The quantitative estimate of drug-likeness (QED) is 0.395. The number of sulfonamides is 1. The molecule has 11 heteroatoms. The first kappa shape index (κ1) is 20.5. The Hall–Kier alpha value is -2.20. The highest BCUT2D eigenvalue weighted by Crippen LogP contribution is 2.31. The number of ether oxygens (including phenoxy) is 1. The molecule has 0 aromatic heterocycles. The summed E-state index contributed by atoms with van der Waals surface area (Å²) in [5, 5.41) is 10.8. The van der Waals surface area contributed by atoms with E-state index in [1.807, 2.05) is 0 Å². The van der Waals surface area contributed by atoms with E-state index < -0.39 is 20.9 Å². The number of nitro groups is 1. The van der Waals surface area contributed by atoms with Crippen molar-refractivity contribution >= 4 is 44.9 Å². The fraction of sp³-hybridized carbons (Fsp3) is 0.235. The highest BCUT2D eigenvalue weighted by molar-refractivity contribution is 7.89. The molecule has 3 rings (SSSR count). The van der Waals surface area contributed by atoms with Crippen LogP contribution in [-0.4, -0.2) is 25.4 Å². The molecule has 0 radical (unpaired) electrons. The molecule has 1 aliphatic carbocycles. The number of hydrogen-bond donors (Lipinski definition) is 1. The fourth-order valence-corrected chi connectivity index (χ4v) is 4.56. The molecule has 0 amide bonds. The third-order valence-corrected chi connectivity index (χ3v) is 6.28. The molecule has 0 heterocycles. The molecule has 2 aromatic carbocycles. The highest BCUT2D eigenvalue weighted by Gasteiger charge is 2.30. The van der Waals surface area contributed by atoms with Crippen LogP contribution in [0.3, 0.4) is 0 Å². The Morgan fingerprint density at radius 1 is 1.21 bits per heavy atom. The highest BCUT2D eigenvalue weighted by atomic mass is 35.5. The minimum Gasteiger partial charge on any atom is -0.457 e. The number of hydrogen-bond acceptors (Lipinski definition) is 6. The van der Waals surface area contributed by atoms with Gasteiger partial charge in [-0.1, -0.05) is 35.3 Å². The summed E-state index contributed by atoms with van der Waals surface area (Å²) in [6, 6.07) is 7.83. The summed E-state index contributed by atoms with van der Waals surface area (Å²) in [5.74, 6) is -0.928. The summed E-state index contributed by atoms with van der Waals surface area (Å²) >= 11 is 12.0. The zero-order valence-electron chi connectivity index (χ0n) is 14.2. The predicted octanol–water partition coefficient (Wildman–Crippen LogP) is 3.70. The van der Waals surface area contributed by atoms with Crippen LogP contribution in [0.4, 0.5) is 5.69 Å². The first-order valence-corrected chi connectivity index (χ1v) is 10.3. The first-order valence-electron chi connectivity index (χ1n) is 8.10. The largest absolute Gasteiger partial charge is 0.457 e. The van der Waals surface area contributed by atoms with Gasteiger partial charge in [0, 0.05) is 12.1 Å². The van der Waals surface area contributed by atoms with Crippen LogP contribution in [-0.2, 0) is 21.4 Å². The van der Waals surface area contributed by atoms with Crippen molar-refractivity contribution < 1.29 is 22.9 Å². The minimum absolute atomic E-state index is 0.0945. The van der Waals surface area contributed by atoms with E-state index in [2.05, 4.69) is 4.72 Å². The smallest absolute Gasteiger partial charge is 0.340 e. The molecule has 0 saturated heterocycles. The molecule has 28 heavy (non-hydrogen) atoms. The number of carbonyl (C=O) groups is 1. The number of carbonyl (C=O) groups excluding carboxylic acids is 1. The molecule has 8 nitrogen and oxygen atoms in total. The van der Waals surface area contributed by atoms with E-state index in [9.17, 15) is 23.3 Å². The molecule has 1 fully saturated rings. The van der Waals surface area contributed by atoms with Crippen LogP contribution in [0.5, 0.6) is 0 Å². The number of nitrogens with one attached hydrogen (secondary N) is 1. The molecule has 148 valence electrons. The van der Waals surface area contributed by atoms with Crippen LogP contribution in [0, 0.1) is 10.1 Å². The zero-order valence-corrected chi connectivity index (χ0v) is 16.6. The Morgan fingerprint density at radius 2 is 1.89 bits per heavy atom. The van der Waals surface area contributed by atoms with Crippen LogP contribution >= 0.6 is 23.2 Å². The average molecular weight is 445 g/mol. The second-order valence-electron chi connectivity index (χ2n) is 6.12. The summed E-state index contributed by atoms with van der Waals surface area (Å²) in [6.45, 7) is -0.378. The predicted molar refractivity (Wildman–Crippen MR) is 102 cm³/mol. The standard InChI is InChI=1S/C17H14Cl2N2O6S/c18-13-8-14(19)16(28(25,26)20-11-5-6-11)7-12(13)17(22)27-9-10-3-1-2-4-15(10)21(23)24/h1-4,7-8,11,20H,5-6,9H2. The molecule has 0 bridgehead atoms.